The molecule has 0 aromatic rings. The average Bonchev–Trinajstić information content (AvgIpc) is 2.04. The number of aliphatic carboxylic acids is 1. The maximum absolute atomic E-state index is 10.5. The van der Waals surface area contributed by atoms with Crippen molar-refractivity contribution >= 4 is 11.9 Å². The zero-order valence-corrected chi connectivity index (χ0v) is 7.24. The summed E-state index contributed by atoms with van der Waals surface area (Å²) in [6, 6.07) is 0. The molecule has 0 bridgehead atoms. The molecule has 1 aliphatic rings. The fraction of sp³-hybridized carbons (Fsp3) is 0.333. The molecule has 13 heavy (non-hydrogen) atoms. The molecular weight excluding hydrogens is 172 g/mol. The number of carbonyl (C=O) groups excluding carboxylic acids is 1. The maximum atomic E-state index is 10.5. The summed E-state index contributed by atoms with van der Waals surface area (Å²) >= 11 is 0. The van der Waals surface area contributed by atoms with E-state index in [0.717, 1.165) is 0 Å². The second-order valence-corrected chi connectivity index (χ2v) is 2.72. The van der Waals surface area contributed by atoms with E-state index in [2.05, 4.69) is 0 Å². The Morgan fingerprint density at radius 3 is 2.46 bits per heavy atom. The Balaban J connectivity index is 2.65. The molecule has 1 rings (SSSR count). The van der Waals surface area contributed by atoms with Crippen LogP contribution in [0.4, 0.5) is 0 Å². The van der Waals surface area contributed by atoms with Gasteiger partial charge in [-0.2, -0.15) is 0 Å². The van der Waals surface area contributed by atoms with Crippen molar-refractivity contribution in [2.75, 3.05) is 0 Å². The number of esters is 1. The van der Waals surface area contributed by atoms with Crippen LogP contribution in [-0.4, -0.2) is 17.0 Å². The number of carboxylic acid groups (broad SMARTS) is 1. The van der Waals surface area contributed by atoms with Crippen LogP contribution >= 0.6 is 0 Å². The Hall–Kier alpha value is -1.58. The molecule has 0 saturated heterocycles. The van der Waals surface area contributed by atoms with Crippen molar-refractivity contribution in [3.8, 4) is 0 Å². The first-order valence-electron chi connectivity index (χ1n) is 3.91. The number of carboxylic acids is 1. The van der Waals surface area contributed by atoms with E-state index in [1.807, 2.05) is 0 Å². The molecule has 0 aromatic carbocycles. The zero-order valence-electron chi connectivity index (χ0n) is 7.24. The lowest BCUT2D eigenvalue weighted by Gasteiger charge is -2.10. The van der Waals surface area contributed by atoms with E-state index >= 15 is 0 Å². The van der Waals surface area contributed by atoms with Crippen LogP contribution in [0.5, 0.6) is 0 Å². The third-order valence-corrected chi connectivity index (χ3v) is 1.66. The smallest absolute Gasteiger partial charge is 0.331 e. The number of hydrogen-bond acceptors (Lipinski definition) is 3. The van der Waals surface area contributed by atoms with Gasteiger partial charge in [-0.25, -0.2) is 4.79 Å². The van der Waals surface area contributed by atoms with Crippen LogP contribution in [0.25, 0.3) is 0 Å². The summed E-state index contributed by atoms with van der Waals surface area (Å²) in [6.07, 6.45) is 3.87. The Morgan fingerprint density at radius 2 is 2.08 bits per heavy atom. The minimum Gasteiger partial charge on any atom is -0.478 e. The number of allylic oxidation sites excluding steroid dienone is 3. The van der Waals surface area contributed by atoms with E-state index in [1.165, 1.54) is 19.1 Å². The molecule has 70 valence electrons. The predicted molar refractivity (Wildman–Crippen MR) is 44.8 cm³/mol. The first-order valence-corrected chi connectivity index (χ1v) is 3.91. The lowest BCUT2D eigenvalue weighted by atomic mass is 10.0. The summed E-state index contributed by atoms with van der Waals surface area (Å²) in [7, 11) is 0. The van der Waals surface area contributed by atoms with Gasteiger partial charge in [-0.3, -0.25) is 4.79 Å². The highest BCUT2D eigenvalue weighted by molar-refractivity contribution is 5.87. The van der Waals surface area contributed by atoms with Gasteiger partial charge in [0.05, 0.1) is 0 Å². The van der Waals surface area contributed by atoms with Crippen molar-refractivity contribution in [2.24, 2.45) is 0 Å². The van der Waals surface area contributed by atoms with E-state index in [4.69, 9.17) is 9.84 Å². The predicted octanol–water partition coefficient (Wildman–Crippen LogP) is 1.24. The second-order valence-electron chi connectivity index (χ2n) is 2.72. The van der Waals surface area contributed by atoms with Gasteiger partial charge in [0.2, 0.25) is 0 Å². The van der Waals surface area contributed by atoms with Gasteiger partial charge in [0.25, 0.3) is 0 Å². The van der Waals surface area contributed by atoms with Crippen LogP contribution in [0.3, 0.4) is 0 Å². The minimum absolute atomic E-state index is 0.343. The molecular formula is C9H10O4. The summed E-state index contributed by atoms with van der Waals surface area (Å²) < 4.78 is 4.80. The van der Waals surface area contributed by atoms with Crippen LogP contribution in [0.15, 0.2) is 23.5 Å². The molecule has 1 N–H and O–H groups in total. The molecule has 0 aliphatic heterocycles. The van der Waals surface area contributed by atoms with Crippen molar-refractivity contribution < 1.29 is 19.4 Å². The molecule has 0 saturated carbocycles. The molecule has 4 nitrogen and oxygen atoms in total. The third kappa shape index (κ3) is 2.74. The maximum Gasteiger partial charge on any atom is 0.331 e. The first kappa shape index (κ1) is 9.51. The molecule has 0 aromatic heterocycles. The van der Waals surface area contributed by atoms with Crippen molar-refractivity contribution in [2.45, 2.75) is 19.8 Å². The Morgan fingerprint density at radius 1 is 1.38 bits per heavy atom. The molecule has 0 fully saturated rings. The molecule has 0 atom stereocenters. The van der Waals surface area contributed by atoms with Crippen molar-refractivity contribution in [3.63, 3.8) is 0 Å². The Labute approximate surface area is 75.5 Å². The van der Waals surface area contributed by atoms with Crippen molar-refractivity contribution in [1.82, 2.24) is 0 Å². The number of hydrogen-bond donors (Lipinski definition) is 1. The highest BCUT2D eigenvalue weighted by Gasteiger charge is 2.13. The van der Waals surface area contributed by atoms with Gasteiger partial charge in [0.15, 0.2) is 0 Å². The molecule has 4 heteroatoms. The van der Waals surface area contributed by atoms with E-state index < -0.39 is 5.97 Å². The van der Waals surface area contributed by atoms with Crippen LogP contribution < -0.4 is 0 Å². The molecule has 0 radical (unpaired) electrons. The molecule has 0 unspecified atom stereocenters. The van der Waals surface area contributed by atoms with E-state index in [1.54, 1.807) is 0 Å². The molecule has 0 spiro atoms. The normalized spacial score (nSPS) is 15.8. The average molecular weight is 182 g/mol. The monoisotopic (exact) mass is 182 g/mol. The lowest BCUT2D eigenvalue weighted by Crippen LogP contribution is -2.07. The summed E-state index contributed by atoms with van der Waals surface area (Å²) in [4.78, 5) is 21.0. The zero-order chi connectivity index (χ0) is 9.84. The first-order chi connectivity index (χ1) is 6.09. The summed E-state index contributed by atoms with van der Waals surface area (Å²) in [5, 5.41) is 8.60. The van der Waals surface area contributed by atoms with E-state index in [0.29, 0.717) is 24.2 Å². The second kappa shape index (κ2) is 3.89. The fourth-order valence-electron chi connectivity index (χ4n) is 1.07. The Bertz CT molecular complexity index is 299. The SMILES string of the molecule is CC(=O)OC1=CC=C(C(=O)O)CC1. The third-order valence-electron chi connectivity index (χ3n) is 1.66. The topological polar surface area (TPSA) is 63.6 Å². The standard InChI is InChI=1S/C9H10O4/c1-6(10)13-8-4-2-7(3-5-8)9(11)12/h2,4H,3,5H2,1H3,(H,11,12). The summed E-state index contributed by atoms with van der Waals surface area (Å²) in [6.45, 7) is 1.32. The Kier molecular flexibility index (Phi) is 2.84. The number of rotatable bonds is 2. The van der Waals surface area contributed by atoms with Gasteiger partial charge in [-0.1, -0.05) is 0 Å². The van der Waals surface area contributed by atoms with Gasteiger partial charge >= 0.3 is 11.9 Å². The quantitative estimate of drug-likeness (QED) is 0.652. The van der Waals surface area contributed by atoms with Crippen molar-refractivity contribution in [1.29, 1.82) is 0 Å². The summed E-state index contributed by atoms with van der Waals surface area (Å²) in [5.74, 6) is -0.769. The van der Waals surface area contributed by atoms with E-state index in [-0.39, 0.29) is 5.97 Å². The van der Waals surface area contributed by atoms with Gasteiger partial charge in [0, 0.05) is 18.9 Å². The van der Waals surface area contributed by atoms with Crippen LogP contribution in [-0.2, 0) is 14.3 Å². The highest BCUT2D eigenvalue weighted by atomic mass is 16.5. The largest absolute Gasteiger partial charge is 0.478 e. The molecule has 0 amide bonds. The highest BCUT2D eigenvalue weighted by Crippen LogP contribution is 2.19. The van der Waals surface area contributed by atoms with Gasteiger partial charge in [-0.05, 0) is 18.6 Å². The van der Waals surface area contributed by atoms with Crippen LogP contribution in [0.1, 0.15) is 19.8 Å². The van der Waals surface area contributed by atoms with Gasteiger partial charge < -0.3 is 9.84 Å². The fourth-order valence-corrected chi connectivity index (χ4v) is 1.07. The van der Waals surface area contributed by atoms with Crippen molar-refractivity contribution in [3.05, 3.63) is 23.5 Å². The number of carbonyl (C=O) groups is 2. The number of ether oxygens (including phenoxy) is 1. The molecule has 1 aliphatic carbocycles. The van der Waals surface area contributed by atoms with Crippen LogP contribution in [0, 0.1) is 0 Å². The van der Waals surface area contributed by atoms with Crippen LogP contribution in [0.2, 0.25) is 0 Å². The van der Waals surface area contributed by atoms with Gasteiger partial charge in [0.1, 0.15) is 5.76 Å². The van der Waals surface area contributed by atoms with E-state index in [9.17, 15) is 9.59 Å². The summed E-state index contributed by atoms with van der Waals surface area (Å²) in [5.41, 5.74) is 0.343. The lowest BCUT2D eigenvalue weighted by molar-refractivity contribution is -0.137. The minimum atomic E-state index is -0.918. The molecule has 0 heterocycles. The van der Waals surface area contributed by atoms with Gasteiger partial charge in [-0.15, -0.1) is 0 Å².